The van der Waals surface area contributed by atoms with Gasteiger partial charge in [0, 0.05) is 11.7 Å². The molecule has 0 saturated carbocycles. The summed E-state index contributed by atoms with van der Waals surface area (Å²) in [5.74, 6) is 0.253. The van der Waals surface area contributed by atoms with Crippen LogP contribution in [0.25, 0.3) is 0 Å². The highest BCUT2D eigenvalue weighted by atomic mass is 32.2. The summed E-state index contributed by atoms with van der Waals surface area (Å²) in [5, 5.41) is 0. The van der Waals surface area contributed by atoms with Crippen molar-refractivity contribution < 1.29 is 13.2 Å². The molecule has 0 radical (unpaired) electrons. The van der Waals surface area contributed by atoms with Crippen LogP contribution in [-0.2, 0) is 21.1 Å². The third-order valence-corrected chi connectivity index (χ3v) is 7.07. The maximum Gasteiger partial charge on any atom is 0.241 e. The fraction of sp³-hybridized carbons (Fsp3) is 0.632. The Labute approximate surface area is 150 Å². The topological polar surface area (TPSA) is 57.7 Å². The van der Waals surface area contributed by atoms with E-state index in [0.717, 1.165) is 37.9 Å². The molecule has 5 nitrogen and oxygen atoms in total. The van der Waals surface area contributed by atoms with E-state index in [-0.39, 0.29) is 29.5 Å². The quantitative estimate of drug-likeness (QED) is 0.727. The maximum atomic E-state index is 12.8. The highest BCUT2D eigenvalue weighted by Gasteiger charge is 2.49. The predicted molar refractivity (Wildman–Crippen MR) is 101 cm³/mol. The molecule has 2 atom stereocenters. The summed E-state index contributed by atoms with van der Waals surface area (Å²) in [5.41, 5.74) is 2.03. The second-order valence-corrected chi connectivity index (χ2v) is 9.33. The summed E-state index contributed by atoms with van der Waals surface area (Å²) < 4.78 is 24.6. The minimum absolute atomic E-state index is 0.0131. The molecule has 2 unspecified atom stereocenters. The van der Waals surface area contributed by atoms with Crippen LogP contribution in [0.5, 0.6) is 0 Å². The number of sulfone groups is 1. The van der Waals surface area contributed by atoms with Crippen molar-refractivity contribution >= 4 is 21.4 Å². The van der Waals surface area contributed by atoms with E-state index < -0.39 is 9.84 Å². The number of piperazine rings is 1. The Balaban J connectivity index is 1.86. The summed E-state index contributed by atoms with van der Waals surface area (Å²) in [6, 6.07) is 7.60. The summed E-state index contributed by atoms with van der Waals surface area (Å²) in [6.07, 6.45) is 4.18. The number of carbonyl (C=O) groups is 1. The second-order valence-electron chi connectivity index (χ2n) is 7.17. The lowest BCUT2D eigenvalue weighted by Crippen LogP contribution is -2.62. The SMILES string of the molecule is CCCCCN1CC(=O)N(c2ccc(CC)cc2)C2CS(=O)(=O)CC21. The van der Waals surface area contributed by atoms with E-state index in [4.69, 9.17) is 0 Å². The fourth-order valence-electron chi connectivity index (χ4n) is 4.00. The Morgan fingerprint density at radius 3 is 2.36 bits per heavy atom. The third-order valence-electron chi connectivity index (χ3n) is 5.37. The number of benzene rings is 1. The number of nitrogens with zero attached hydrogens (tertiary/aromatic N) is 2. The van der Waals surface area contributed by atoms with E-state index in [1.54, 1.807) is 4.90 Å². The van der Waals surface area contributed by atoms with Gasteiger partial charge in [0.2, 0.25) is 5.91 Å². The van der Waals surface area contributed by atoms with Crippen molar-refractivity contribution in [2.24, 2.45) is 0 Å². The molecule has 0 aliphatic carbocycles. The smallest absolute Gasteiger partial charge is 0.241 e. The average molecular weight is 365 g/mol. The normalized spacial score (nSPS) is 26.0. The van der Waals surface area contributed by atoms with Gasteiger partial charge in [0.05, 0.1) is 24.1 Å². The molecule has 3 rings (SSSR count). The molecular formula is C19H28N2O3S. The average Bonchev–Trinajstić information content (AvgIpc) is 2.90. The van der Waals surface area contributed by atoms with Crippen LogP contribution in [0.4, 0.5) is 5.69 Å². The molecule has 0 aromatic heterocycles. The first-order valence-electron chi connectivity index (χ1n) is 9.30. The molecule has 1 aromatic rings. The van der Waals surface area contributed by atoms with Crippen LogP contribution in [0.3, 0.4) is 0 Å². The third kappa shape index (κ3) is 3.90. The Kier molecular flexibility index (Phi) is 5.49. The van der Waals surface area contributed by atoms with Crippen LogP contribution in [0.2, 0.25) is 0 Å². The van der Waals surface area contributed by atoms with Crippen molar-refractivity contribution in [2.45, 2.75) is 51.6 Å². The van der Waals surface area contributed by atoms with Gasteiger partial charge in [-0.1, -0.05) is 38.8 Å². The minimum Gasteiger partial charge on any atom is -0.306 e. The number of amides is 1. The largest absolute Gasteiger partial charge is 0.306 e. The van der Waals surface area contributed by atoms with Crippen molar-refractivity contribution in [3.63, 3.8) is 0 Å². The highest BCUT2D eigenvalue weighted by molar-refractivity contribution is 7.91. The Morgan fingerprint density at radius 2 is 1.72 bits per heavy atom. The Bertz CT molecular complexity index is 715. The number of rotatable bonds is 6. The van der Waals surface area contributed by atoms with Crippen LogP contribution in [-0.4, -0.2) is 55.9 Å². The molecule has 0 spiro atoms. The van der Waals surface area contributed by atoms with E-state index in [1.165, 1.54) is 5.56 Å². The monoisotopic (exact) mass is 364 g/mol. The molecule has 1 aromatic carbocycles. The van der Waals surface area contributed by atoms with Gasteiger partial charge in [-0.15, -0.1) is 0 Å². The number of anilines is 1. The van der Waals surface area contributed by atoms with Crippen molar-refractivity contribution in [3.8, 4) is 0 Å². The molecule has 2 aliphatic rings. The minimum atomic E-state index is -3.11. The molecule has 2 heterocycles. The number of unbranched alkanes of at least 4 members (excludes halogenated alkanes) is 2. The van der Waals surface area contributed by atoms with Crippen LogP contribution < -0.4 is 4.90 Å². The first kappa shape index (κ1) is 18.4. The van der Waals surface area contributed by atoms with Crippen molar-refractivity contribution in [2.75, 3.05) is 29.5 Å². The molecular weight excluding hydrogens is 336 g/mol. The van der Waals surface area contributed by atoms with Gasteiger partial charge >= 0.3 is 0 Å². The van der Waals surface area contributed by atoms with E-state index in [1.807, 2.05) is 24.3 Å². The van der Waals surface area contributed by atoms with Gasteiger partial charge < -0.3 is 4.90 Å². The molecule has 138 valence electrons. The molecule has 0 bridgehead atoms. The van der Waals surface area contributed by atoms with E-state index in [9.17, 15) is 13.2 Å². The number of hydrogen-bond donors (Lipinski definition) is 0. The number of hydrogen-bond acceptors (Lipinski definition) is 4. The Hall–Kier alpha value is -1.40. The van der Waals surface area contributed by atoms with Crippen LogP contribution in [0, 0.1) is 0 Å². The summed E-state index contributed by atoms with van der Waals surface area (Å²) in [6.45, 7) is 5.36. The predicted octanol–water partition coefficient (Wildman–Crippen LogP) is 2.25. The van der Waals surface area contributed by atoms with Gasteiger partial charge in [-0.05, 0) is 37.1 Å². The van der Waals surface area contributed by atoms with Gasteiger partial charge in [0.15, 0.2) is 9.84 Å². The number of aryl methyl sites for hydroxylation is 1. The van der Waals surface area contributed by atoms with E-state index >= 15 is 0 Å². The van der Waals surface area contributed by atoms with Crippen LogP contribution >= 0.6 is 0 Å². The zero-order chi connectivity index (χ0) is 18.0. The van der Waals surface area contributed by atoms with Crippen LogP contribution in [0.1, 0.15) is 38.7 Å². The lowest BCUT2D eigenvalue weighted by Gasteiger charge is -2.43. The van der Waals surface area contributed by atoms with Gasteiger partial charge in [0.1, 0.15) is 0 Å². The summed E-state index contributed by atoms with van der Waals surface area (Å²) >= 11 is 0. The molecule has 0 N–H and O–H groups in total. The summed E-state index contributed by atoms with van der Waals surface area (Å²) in [4.78, 5) is 16.7. The Morgan fingerprint density at radius 1 is 1.04 bits per heavy atom. The van der Waals surface area contributed by atoms with Gasteiger partial charge in [-0.3, -0.25) is 9.69 Å². The van der Waals surface area contributed by atoms with E-state index in [2.05, 4.69) is 18.7 Å². The van der Waals surface area contributed by atoms with Crippen LogP contribution in [0.15, 0.2) is 24.3 Å². The fourth-order valence-corrected chi connectivity index (χ4v) is 5.98. The molecule has 1 amide bonds. The molecule has 2 aliphatic heterocycles. The highest BCUT2D eigenvalue weighted by Crippen LogP contribution is 2.32. The molecule has 2 saturated heterocycles. The number of carbonyl (C=O) groups excluding carboxylic acids is 1. The lowest BCUT2D eigenvalue weighted by atomic mass is 10.0. The standard InChI is InChI=1S/C19H28N2O3S/c1-3-5-6-11-20-12-19(22)21(16-9-7-15(4-2)8-10-16)18-14-25(23,24)13-17(18)20/h7-10,17-18H,3-6,11-14H2,1-2H3. The molecule has 2 fully saturated rings. The lowest BCUT2D eigenvalue weighted by molar-refractivity contribution is -0.123. The van der Waals surface area contributed by atoms with Gasteiger partial charge in [-0.2, -0.15) is 0 Å². The zero-order valence-electron chi connectivity index (χ0n) is 15.1. The summed E-state index contributed by atoms with van der Waals surface area (Å²) in [7, 11) is -3.11. The van der Waals surface area contributed by atoms with Gasteiger partial charge in [-0.25, -0.2) is 8.42 Å². The molecule has 6 heteroatoms. The first-order valence-corrected chi connectivity index (χ1v) is 11.1. The van der Waals surface area contributed by atoms with Crippen molar-refractivity contribution in [1.82, 2.24) is 4.90 Å². The van der Waals surface area contributed by atoms with Crippen molar-refractivity contribution in [1.29, 1.82) is 0 Å². The molecule has 25 heavy (non-hydrogen) atoms. The maximum absolute atomic E-state index is 12.8. The zero-order valence-corrected chi connectivity index (χ0v) is 16.0. The van der Waals surface area contributed by atoms with E-state index in [0.29, 0.717) is 6.54 Å². The number of fused-ring (bicyclic) bond motifs is 1. The first-order chi connectivity index (χ1) is 11.9. The van der Waals surface area contributed by atoms with Crippen molar-refractivity contribution in [3.05, 3.63) is 29.8 Å². The van der Waals surface area contributed by atoms with Gasteiger partial charge in [0.25, 0.3) is 0 Å². The second kappa shape index (κ2) is 7.46.